The number of methoxy groups -OCH3 is 2. The lowest BCUT2D eigenvalue weighted by atomic mass is 9.95. The predicted molar refractivity (Wildman–Crippen MR) is 79.1 cm³/mol. The summed E-state index contributed by atoms with van der Waals surface area (Å²) in [6.07, 6.45) is 8.63. The molecule has 2 aromatic rings. The highest BCUT2D eigenvalue weighted by Crippen LogP contribution is 2.35. The van der Waals surface area contributed by atoms with Crippen molar-refractivity contribution >= 4 is 16.5 Å². The molecule has 0 atom stereocenters. The van der Waals surface area contributed by atoms with Crippen molar-refractivity contribution in [2.24, 2.45) is 0 Å². The lowest BCUT2D eigenvalue weighted by Gasteiger charge is -2.15. The summed E-state index contributed by atoms with van der Waals surface area (Å²) >= 11 is 0. The summed E-state index contributed by atoms with van der Waals surface area (Å²) in [5.74, 6) is 1.41. The zero-order valence-electron chi connectivity index (χ0n) is 11.8. The van der Waals surface area contributed by atoms with Crippen molar-refractivity contribution in [1.82, 2.24) is 9.97 Å². The van der Waals surface area contributed by atoms with Crippen LogP contribution in [0.5, 0.6) is 11.5 Å². The van der Waals surface area contributed by atoms with Gasteiger partial charge < -0.3 is 9.47 Å². The Kier molecular flexibility index (Phi) is 3.54. The number of ether oxygens (including phenoxy) is 2. The number of hydrogen-bond acceptors (Lipinski definition) is 4. The van der Waals surface area contributed by atoms with Crippen LogP contribution < -0.4 is 9.47 Å². The standard InChI is InChI=1S/C16H18N2O2/c1-19-14-8-12-13(9-15(14)20-2)17-10-18-16(12)11-6-4-3-5-7-11/h6,8-10H,3-5,7H2,1-2H3. The minimum absolute atomic E-state index is 0.697. The molecule has 0 saturated carbocycles. The van der Waals surface area contributed by atoms with Gasteiger partial charge in [0.05, 0.1) is 25.4 Å². The lowest BCUT2D eigenvalue weighted by molar-refractivity contribution is 0.355. The van der Waals surface area contributed by atoms with Crippen LogP contribution in [-0.4, -0.2) is 24.2 Å². The number of benzene rings is 1. The van der Waals surface area contributed by atoms with E-state index in [1.807, 2.05) is 12.1 Å². The van der Waals surface area contributed by atoms with Gasteiger partial charge >= 0.3 is 0 Å². The fraction of sp³-hybridized carbons (Fsp3) is 0.375. The van der Waals surface area contributed by atoms with E-state index >= 15 is 0 Å². The third-order valence-corrected chi connectivity index (χ3v) is 3.74. The second-order valence-electron chi connectivity index (χ2n) is 4.92. The highest BCUT2D eigenvalue weighted by molar-refractivity contribution is 5.92. The monoisotopic (exact) mass is 270 g/mol. The minimum Gasteiger partial charge on any atom is -0.493 e. The SMILES string of the molecule is COc1cc2ncnc(C3=CCCCC3)c2cc1OC. The molecule has 4 heteroatoms. The number of allylic oxidation sites excluding steroid dienone is 2. The third kappa shape index (κ3) is 2.22. The van der Waals surface area contributed by atoms with E-state index in [1.54, 1.807) is 20.5 Å². The van der Waals surface area contributed by atoms with Crippen molar-refractivity contribution < 1.29 is 9.47 Å². The van der Waals surface area contributed by atoms with Gasteiger partial charge in [-0.25, -0.2) is 9.97 Å². The van der Waals surface area contributed by atoms with E-state index in [1.165, 1.54) is 18.4 Å². The van der Waals surface area contributed by atoms with Crippen molar-refractivity contribution in [2.45, 2.75) is 25.7 Å². The fourth-order valence-corrected chi connectivity index (χ4v) is 2.69. The van der Waals surface area contributed by atoms with E-state index in [-0.39, 0.29) is 0 Å². The summed E-state index contributed by atoms with van der Waals surface area (Å²) in [6.45, 7) is 0. The molecule has 0 saturated heterocycles. The van der Waals surface area contributed by atoms with Crippen LogP contribution in [0.1, 0.15) is 31.4 Å². The summed E-state index contributed by atoms with van der Waals surface area (Å²) in [5, 5.41) is 1.03. The predicted octanol–water partition coefficient (Wildman–Crippen LogP) is 3.60. The van der Waals surface area contributed by atoms with Gasteiger partial charge in [0, 0.05) is 11.5 Å². The molecule has 1 heterocycles. The van der Waals surface area contributed by atoms with E-state index in [0.29, 0.717) is 11.5 Å². The zero-order chi connectivity index (χ0) is 13.9. The first kappa shape index (κ1) is 12.9. The van der Waals surface area contributed by atoms with Crippen LogP contribution >= 0.6 is 0 Å². The van der Waals surface area contributed by atoms with Crippen molar-refractivity contribution in [3.8, 4) is 11.5 Å². The van der Waals surface area contributed by atoms with Gasteiger partial charge in [-0.1, -0.05) is 6.08 Å². The van der Waals surface area contributed by atoms with Crippen molar-refractivity contribution in [3.05, 3.63) is 30.2 Å². The number of aromatic nitrogens is 2. The van der Waals surface area contributed by atoms with Crippen LogP contribution in [0.25, 0.3) is 16.5 Å². The molecule has 1 aromatic carbocycles. The van der Waals surface area contributed by atoms with Gasteiger partial charge in [0.15, 0.2) is 11.5 Å². The Bertz CT molecular complexity index is 665. The van der Waals surface area contributed by atoms with Crippen LogP contribution in [0, 0.1) is 0 Å². The molecule has 3 rings (SSSR count). The molecule has 1 aliphatic carbocycles. The summed E-state index contributed by atoms with van der Waals surface area (Å²) in [4.78, 5) is 8.83. The van der Waals surface area contributed by atoms with E-state index in [4.69, 9.17) is 9.47 Å². The lowest BCUT2D eigenvalue weighted by Crippen LogP contribution is -1.98. The Labute approximate surface area is 118 Å². The first-order chi connectivity index (χ1) is 9.83. The normalized spacial score (nSPS) is 15.0. The molecular weight excluding hydrogens is 252 g/mol. The van der Waals surface area contributed by atoms with Crippen molar-refractivity contribution in [3.63, 3.8) is 0 Å². The third-order valence-electron chi connectivity index (χ3n) is 3.74. The molecule has 0 bridgehead atoms. The molecule has 0 radical (unpaired) electrons. The Hall–Kier alpha value is -2.10. The minimum atomic E-state index is 0.697. The van der Waals surface area contributed by atoms with Crippen LogP contribution in [0.3, 0.4) is 0 Å². The average Bonchev–Trinajstić information content (AvgIpc) is 2.53. The summed E-state index contributed by atoms with van der Waals surface area (Å²) in [5.41, 5.74) is 3.23. The van der Waals surface area contributed by atoms with Crippen LogP contribution in [0.4, 0.5) is 0 Å². The quantitative estimate of drug-likeness (QED) is 0.854. The molecule has 0 unspecified atom stereocenters. The molecule has 0 spiro atoms. The number of hydrogen-bond donors (Lipinski definition) is 0. The smallest absolute Gasteiger partial charge is 0.162 e. The van der Waals surface area contributed by atoms with E-state index in [2.05, 4.69) is 16.0 Å². The summed E-state index contributed by atoms with van der Waals surface area (Å²) in [7, 11) is 3.28. The van der Waals surface area contributed by atoms with Crippen molar-refractivity contribution in [1.29, 1.82) is 0 Å². The summed E-state index contributed by atoms with van der Waals surface area (Å²) in [6, 6.07) is 3.88. The Morgan fingerprint density at radius 1 is 1.00 bits per heavy atom. The molecule has 1 aromatic heterocycles. The van der Waals surface area contributed by atoms with Gasteiger partial charge in [-0.15, -0.1) is 0 Å². The highest BCUT2D eigenvalue weighted by Gasteiger charge is 2.14. The Morgan fingerprint density at radius 2 is 1.80 bits per heavy atom. The molecular formula is C16H18N2O2. The second-order valence-corrected chi connectivity index (χ2v) is 4.92. The number of fused-ring (bicyclic) bond motifs is 1. The summed E-state index contributed by atoms with van der Waals surface area (Å²) < 4.78 is 10.7. The van der Waals surface area contributed by atoms with Crippen LogP contribution in [-0.2, 0) is 0 Å². The molecule has 104 valence electrons. The van der Waals surface area contributed by atoms with Gasteiger partial charge in [0.1, 0.15) is 6.33 Å². The first-order valence-corrected chi connectivity index (χ1v) is 6.89. The molecule has 0 fully saturated rings. The maximum absolute atomic E-state index is 5.39. The maximum atomic E-state index is 5.39. The highest BCUT2D eigenvalue weighted by atomic mass is 16.5. The maximum Gasteiger partial charge on any atom is 0.162 e. The molecule has 4 nitrogen and oxygen atoms in total. The average molecular weight is 270 g/mol. The van der Waals surface area contributed by atoms with Gasteiger partial charge in [-0.05, 0) is 37.3 Å². The van der Waals surface area contributed by atoms with Crippen molar-refractivity contribution in [2.75, 3.05) is 14.2 Å². The van der Waals surface area contributed by atoms with E-state index in [9.17, 15) is 0 Å². The first-order valence-electron chi connectivity index (χ1n) is 6.89. The van der Waals surface area contributed by atoms with E-state index in [0.717, 1.165) is 29.4 Å². The van der Waals surface area contributed by atoms with Gasteiger partial charge in [-0.3, -0.25) is 0 Å². The molecule has 20 heavy (non-hydrogen) atoms. The number of rotatable bonds is 3. The van der Waals surface area contributed by atoms with Crippen LogP contribution in [0.2, 0.25) is 0 Å². The zero-order valence-corrected chi connectivity index (χ0v) is 11.8. The Morgan fingerprint density at radius 3 is 2.50 bits per heavy atom. The molecule has 0 aliphatic heterocycles. The molecule has 1 aliphatic rings. The van der Waals surface area contributed by atoms with E-state index < -0.39 is 0 Å². The van der Waals surface area contributed by atoms with Gasteiger partial charge in [0.2, 0.25) is 0 Å². The second kappa shape index (κ2) is 5.49. The van der Waals surface area contributed by atoms with Gasteiger partial charge in [-0.2, -0.15) is 0 Å². The van der Waals surface area contributed by atoms with Crippen LogP contribution in [0.15, 0.2) is 24.5 Å². The molecule has 0 amide bonds. The molecule has 0 N–H and O–H groups in total. The fourth-order valence-electron chi connectivity index (χ4n) is 2.69. The topological polar surface area (TPSA) is 44.2 Å². The largest absolute Gasteiger partial charge is 0.493 e. The Balaban J connectivity index is 2.20. The van der Waals surface area contributed by atoms with Gasteiger partial charge in [0.25, 0.3) is 0 Å². The number of nitrogens with zero attached hydrogens (tertiary/aromatic N) is 2.